The minimum atomic E-state index is -4.77. The van der Waals surface area contributed by atoms with Gasteiger partial charge in [-0.2, -0.15) is 23.5 Å². The Bertz CT molecular complexity index is 1490. The summed E-state index contributed by atoms with van der Waals surface area (Å²) in [6.07, 6.45) is 0.314. The smallest absolute Gasteiger partial charge is 0.378 e. The van der Waals surface area contributed by atoms with E-state index in [2.05, 4.69) is 25.7 Å². The first-order chi connectivity index (χ1) is 18.2. The van der Waals surface area contributed by atoms with Crippen LogP contribution in [0.15, 0.2) is 43.0 Å². The average molecular weight is 531 g/mol. The molecule has 0 spiro atoms. The van der Waals surface area contributed by atoms with Gasteiger partial charge in [0.25, 0.3) is 5.91 Å². The molecule has 3 heterocycles. The van der Waals surface area contributed by atoms with E-state index in [9.17, 15) is 22.4 Å². The van der Waals surface area contributed by atoms with Gasteiger partial charge in [-0.25, -0.2) is 14.4 Å². The highest BCUT2D eigenvalue weighted by molar-refractivity contribution is 5.95. The number of aromatic nitrogens is 5. The molecule has 0 bridgehead atoms. The van der Waals surface area contributed by atoms with Crippen molar-refractivity contribution in [3.8, 4) is 17.3 Å². The van der Waals surface area contributed by atoms with E-state index < -0.39 is 23.6 Å². The van der Waals surface area contributed by atoms with Gasteiger partial charge in [0.2, 0.25) is 0 Å². The second kappa shape index (κ2) is 11.2. The molecule has 0 fully saturated rings. The van der Waals surface area contributed by atoms with Crippen LogP contribution >= 0.6 is 0 Å². The Balaban J connectivity index is 1.58. The van der Waals surface area contributed by atoms with Gasteiger partial charge in [-0.1, -0.05) is 0 Å². The minimum Gasteiger partial charge on any atom is -0.378 e. The highest BCUT2D eigenvalue weighted by Crippen LogP contribution is 2.36. The Hall–Kier alpha value is -4.55. The van der Waals surface area contributed by atoms with E-state index in [4.69, 9.17) is 15.7 Å². The van der Waals surface area contributed by atoms with Crippen molar-refractivity contribution in [1.29, 1.82) is 5.26 Å². The Morgan fingerprint density at radius 2 is 2.05 bits per heavy atom. The van der Waals surface area contributed by atoms with Gasteiger partial charge in [0.1, 0.15) is 12.4 Å². The Morgan fingerprint density at radius 3 is 2.76 bits per heavy atom. The van der Waals surface area contributed by atoms with Crippen LogP contribution in [-0.2, 0) is 17.5 Å². The number of fused-ring (bicyclic) bond motifs is 1. The summed E-state index contributed by atoms with van der Waals surface area (Å²) in [6, 6.07) is 5.57. The molecule has 38 heavy (non-hydrogen) atoms. The Labute approximate surface area is 212 Å². The first-order valence-corrected chi connectivity index (χ1v) is 11.2. The highest BCUT2D eigenvalue weighted by Gasteiger charge is 2.38. The molecule has 0 radical (unpaired) electrons. The van der Waals surface area contributed by atoms with E-state index in [0.717, 1.165) is 16.9 Å². The zero-order valence-electron chi connectivity index (χ0n) is 19.7. The molecule has 0 aliphatic carbocycles. The maximum Gasteiger partial charge on any atom is 0.435 e. The lowest BCUT2D eigenvalue weighted by Gasteiger charge is -2.10. The molecule has 198 valence electrons. The first-order valence-electron chi connectivity index (χ1n) is 11.2. The number of rotatable bonds is 10. The van der Waals surface area contributed by atoms with Gasteiger partial charge in [-0.15, -0.1) is 0 Å². The fourth-order valence-electron chi connectivity index (χ4n) is 3.61. The first kappa shape index (κ1) is 26.5. The number of carbonyl (C=O) groups is 1. The number of hydrogen-bond acceptors (Lipinski definition) is 8. The predicted octanol–water partition coefficient (Wildman–Crippen LogP) is 2.72. The van der Waals surface area contributed by atoms with E-state index >= 15 is 0 Å². The highest BCUT2D eigenvalue weighted by atomic mass is 19.4. The van der Waals surface area contributed by atoms with Crippen molar-refractivity contribution in [2.75, 3.05) is 31.6 Å². The van der Waals surface area contributed by atoms with E-state index in [0.29, 0.717) is 13.2 Å². The van der Waals surface area contributed by atoms with Crippen LogP contribution in [0.3, 0.4) is 0 Å². The van der Waals surface area contributed by atoms with Crippen LogP contribution in [0.2, 0.25) is 0 Å². The van der Waals surface area contributed by atoms with E-state index in [1.165, 1.54) is 35.1 Å². The number of anilines is 2. The van der Waals surface area contributed by atoms with Crippen LogP contribution in [0.5, 0.6) is 0 Å². The zero-order valence-corrected chi connectivity index (χ0v) is 19.7. The van der Waals surface area contributed by atoms with E-state index in [1.807, 2.05) is 0 Å². The van der Waals surface area contributed by atoms with Crippen molar-refractivity contribution in [3.05, 3.63) is 60.1 Å². The SMILES string of the molecule is N#CCn1cc(-c2cnc3c(Nc4ccc(C(=O)NCCOCCN)c(F)c4)nccn23)c(C(F)(F)F)n1. The monoisotopic (exact) mass is 531 g/mol. The fourth-order valence-corrected chi connectivity index (χ4v) is 3.61. The third-order valence-corrected chi connectivity index (χ3v) is 5.24. The molecule has 0 aliphatic heterocycles. The van der Waals surface area contributed by atoms with Crippen molar-refractivity contribution in [3.63, 3.8) is 0 Å². The van der Waals surface area contributed by atoms with Crippen molar-refractivity contribution < 1.29 is 27.1 Å². The summed E-state index contributed by atoms with van der Waals surface area (Å²) >= 11 is 0. The molecule has 4 aromatic rings. The summed E-state index contributed by atoms with van der Waals surface area (Å²) in [7, 11) is 0. The molecule has 4 N–H and O–H groups in total. The Kier molecular flexibility index (Phi) is 7.84. The molecular weight excluding hydrogens is 510 g/mol. The zero-order chi connectivity index (χ0) is 27.3. The predicted molar refractivity (Wildman–Crippen MR) is 127 cm³/mol. The van der Waals surface area contributed by atoms with Gasteiger partial charge in [0.05, 0.1) is 42.3 Å². The van der Waals surface area contributed by atoms with Crippen molar-refractivity contribution >= 4 is 23.1 Å². The van der Waals surface area contributed by atoms with Crippen LogP contribution in [0.1, 0.15) is 16.1 Å². The normalized spacial score (nSPS) is 11.5. The molecule has 0 unspecified atom stereocenters. The van der Waals surface area contributed by atoms with E-state index in [-0.39, 0.29) is 53.7 Å². The number of nitriles is 1. The Morgan fingerprint density at radius 1 is 1.24 bits per heavy atom. The van der Waals surface area contributed by atoms with Crippen LogP contribution in [0.4, 0.5) is 29.1 Å². The number of ether oxygens (including phenoxy) is 1. The third kappa shape index (κ3) is 5.71. The molecular formula is C23H21F4N9O2. The lowest BCUT2D eigenvalue weighted by molar-refractivity contribution is -0.141. The summed E-state index contributed by atoms with van der Waals surface area (Å²) in [5, 5.41) is 17.8. The largest absolute Gasteiger partial charge is 0.435 e. The number of amides is 1. The molecule has 0 saturated carbocycles. The molecule has 0 aliphatic rings. The third-order valence-electron chi connectivity index (χ3n) is 5.24. The number of benzene rings is 1. The van der Waals surface area contributed by atoms with Gasteiger partial charge < -0.3 is 21.1 Å². The molecule has 0 saturated heterocycles. The van der Waals surface area contributed by atoms with Crippen molar-refractivity contribution in [2.24, 2.45) is 5.73 Å². The number of nitrogens with two attached hydrogens (primary N) is 1. The molecule has 3 aromatic heterocycles. The molecule has 1 aromatic carbocycles. The number of nitrogens with one attached hydrogen (secondary N) is 2. The van der Waals surface area contributed by atoms with Crippen LogP contribution in [0.25, 0.3) is 16.9 Å². The summed E-state index contributed by atoms with van der Waals surface area (Å²) in [5.74, 6) is -1.29. The van der Waals surface area contributed by atoms with Gasteiger partial charge in [0, 0.05) is 37.4 Å². The average Bonchev–Trinajstić information content (AvgIpc) is 3.49. The summed E-state index contributed by atoms with van der Waals surface area (Å²) < 4.78 is 62.9. The number of nitrogens with zero attached hydrogens (tertiary/aromatic N) is 6. The summed E-state index contributed by atoms with van der Waals surface area (Å²) in [5.41, 5.74) is 4.14. The number of halogens is 4. The molecule has 15 heteroatoms. The van der Waals surface area contributed by atoms with Crippen molar-refractivity contribution in [2.45, 2.75) is 12.7 Å². The van der Waals surface area contributed by atoms with Crippen LogP contribution in [0, 0.1) is 17.1 Å². The summed E-state index contributed by atoms with van der Waals surface area (Å²) in [4.78, 5) is 20.6. The van der Waals surface area contributed by atoms with E-state index in [1.54, 1.807) is 6.07 Å². The lowest BCUT2D eigenvalue weighted by Crippen LogP contribution is -2.28. The molecule has 11 nitrogen and oxygen atoms in total. The quantitative estimate of drug-likeness (QED) is 0.209. The number of imidazole rings is 1. The van der Waals surface area contributed by atoms with Crippen LogP contribution in [-0.4, -0.2) is 56.4 Å². The molecule has 1 amide bonds. The molecule has 0 atom stereocenters. The number of carbonyl (C=O) groups excluding carboxylic acids is 1. The maximum atomic E-state index is 14.7. The lowest BCUT2D eigenvalue weighted by atomic mass is 10.1. The van der Waals surface area contributed by atoms with Gasteiger partial charge in [0.15, 0.2) is 17.2 Å². The van der Waals surface area contributed by atoms with Gasteiger partial charge in [-0.3, -0.25) is 13.9 Å². The second-order valence-corrected chi connectivity index (χ2v) is 7.83. The second-order valence-electron chi connectivity index (χ2n) is 7.83. The number of alkyl halides is 3. The van der Waals surface area contributed by atoms with Gasteiger partial charge >= 0.3 is 6.18 Å². The standard InChI is InChI=1S/C23H21F4N9O2/c24-17-11-14(1-2-15(17)22(37)31-6-10-38-9-4-29)33-20-21-32-12-18(36(21)8-5-30-20)16-13-35(7-3-28)34-19(16)23(25,26)27/h1-2,5,8,11-13H,4,6-7,9-10,29H2,(H,30,33)(H,31,37). The summed E-state index contributed by atoms with van der Waals surface area (Å²) in [6.45, 7) is 0.739. The van der Waals surface area contributed by atoms with Gasteiger partial charge in [-0.05, 0) is 18.2 Å². The fraction of sp³-hybridized carbons (Fsp3) is 0.261. The maximum absolute atomic E-state index is 14.7. The topological polar surface area (TPSA) is 148 Å². The number of hydrogen-bond donors (Lipinski definition) is 3. The minimum absolute atomic E-state index is 0.0654. The van der Waals surface area contributed by atoms with Crippen molar-refractivity contribution in [1.82, 2.24) is 29.5 Å². The molecule has 4 rings (SSSR count). The van der Waals surface area contributed by atoms with Crippen LogP contribution < -0.4 is 16.4 Å².